The average molecular weight is 260 g/mol. The predicted octanol–water partition coefficient (Wildman–Crippen LogP) is 2.56. The SMILES string of the molecule is Cc1cc(C)cc(C(N)CN2CCCC(C)C2=O)c1. The summed E-state index contributed by atoms with van der Waals surface area (Å²) in [4.78, 5) is 14.0. The van der Waals surface area contributed by atoms with E-state index in [4.69, 9.17) is 5.73 Å². The van der Waals surface area contributed by atoms with Crippen LogP contribution in [-0.4, -0.2) is 23.9 Å². The van der Waals surface area contributed by atoms with Crippen molar-refractivity contribution >= 4 is 5.91 Å². The van der Waals surface area contributed by atoms with Gasteiger partial charge in [-0.3, -0.25) is 4.79 Å². The first-order valence-corrected chi connectivity index (χ1v) is 7.10. The molecular weight excluding hydrogens is 236 g/mol. The van der Waals surface area contributed by atoms with Crippen molar-refractivity contribution < 1.29 is 4.79 Å². The Kier molecular flexibility index (Phi) is 4.25. The number of rotatable bonds is 3. The minimum atomic E-state index is -0.0900. The fourth-order valence-electron chi connectivity index (χ4n) is 2.88. The van der Waals surface area contributed by atoms with E-state index >= 15 is 0 Å². The van der Waals surface area contributed by atoms with Crippen LogP contribution in [0.2, 0.25) is 0 Å². The fraction of sp³-hybridized carbons (Fsp3) is 0.562. The molecule has 1 aliphatic rings. The van der Waals surface area contributed by atoms with E-state index in [2.05, 4.69) is 32.0 Å². The van der Waals surface area contributed by atoms with Crippen LogP contribution >= 0.6 is 0 Å². The standard InChI is InChI=1S/C16H24N2O/c1-11-7-12(2)9-14(8-11)15(17)10-18-6-4-5-13(3)16(18)19/h7-9,13,15H,4-6,10,17H2,1-3H3. The van der Waals surface area contributed by atoms with Gasteiger partial charge in [0.2, 0.25) is 5.91 Å². The van der Waals surface area contributed by atoms with Gasteiger partial charge in [-0.25, -0.2) is 0 Å². The molecule has 1 fully saturated rings. The van der Waals surface area contributed by atoms with E-state index in [1.54, 1.807) is 0 Å². The zero-order chi connectivity index (χ0) is 14.0. The van der Waals surface area contributed by atoms with Gasteiger partial charge in [0.1, 0.15) is 0 Å². The summed E-state index contributed by atoms with van der Waals surface area (Å²) < 4.78 is 0. The highest BCUT2D eigenvalue weighted by molar-refractivity contribution is 5.79. The molecule has 1 aromatic rings. The van der Waals surface area contributed by atoms with Crippen molar-refractivity contribution in [1.82, 2.24) is 4.90 Å². The molecule has 2 unspecified atom stereocenters. The number of likely N-dealkylation sites (tertiary alicyclic amines) is 1. The van der Waals surface area contributed by atoms with Crippen LogP contribution in [0, 0.1) is 19.8 Å². The molecule has 1 aromatic carbocycles. The molecule has 1 heterocycles. The summed E-state index contributed by atoms with van der Waals surface area (Å²) in [6.45, 7) is 7.65. The van der Waals surface area contributed by atoms with Gasteiger partial charge >= 0.3 is 0 Å². The molecule has 104 valence electrons. The van der Waals surface area contributed by atoms with Gasteiger partial charge in [0.05, 0.1) is 0 Å². The summed E-state index contributed by atoms with van der Waals surface area (Å²) in [6.07, 6.45) is 2.10. The normalized spacial score (nSPS) is 21.6. The average Bonchev–Trinajstić information content (AvgIpc) is 2.33. The minimum absolute atomic E-state index is 0.0900. The van der Waals surface area contributed by atoms with E-state index in [-0.39, 0.29) is 17.9 Å². The Morgan fingerprint density at radius 3 is 2.58 bits per heavy atom. The second kappa shape index (κ2) is 5.74. The highest BCUT2D eigenvalue weighted by atomic mass is 16.2. The summed E-state index contributed by atoms with van der Waals surface area (Å²) in [7, 11) is 0. The maximum Gasteiger partial charge on any atom is 0.225 e. The third kappa shape index (κ3) is 3.35. The summed E-state index contributed by atoms with van der Waals surface area (Å²) in [6, 6.07) is 6.29. The Morgan fingerprint density at radius 1 is 1.32 bits per heavy atom. The topological polar surface area (TPSA) is 46.3 Å². The van der Waals surface area contributed by atoms with E-state index in [1.807, 2.05) is 11.8 Å². The van der Waals surface area contributed by atoms with Gasteiger partial charge < -0.3 is 10.6 Å². The Morgan fingerprint density at radius 2 is 1.95 bits per heavy atom. The Hall–Kier alpha value is -1.35. The molecule has 2 N–H and O–H groups in total. The van der Waals surface area contributed by atoms with Gasteiger partial charge in [-0.05, 0) is 32.3 Å². The van der Waals surface area contributed by atoms with Crippen molar-refractivity contribution in [2.75, 3.05) is 13.1 Å². The number of hydrogen-bond acceptors (Lipinski definition) is 2. The molecule has 2 rings (SSSR count). The van der Waals surface area contributed by atoms with E-state index in [0.29, 0.717) is 6.54 Å². The fourth-order valence-corrected chi connectivity index (χ4v) is 2.88. The molecule has 1 aliphatic heterocycles. The maximum atomic E-state index is 12.1. The molecule has 0 saturated carbocycles. The molecule has 0 aliphatic carbocycles. The van der Waals surface area contributed by atoms with Crippen LogP contribution in [0.5, 0.6) is 0 Å². The lowest BCUT2D eigenvalue weighted by Crippen LogP contribution is -2.43. The van der Waals surface area contributed by atoms with E-state index in [9.17, 15) is 4.79 Å². The zero-order valence-corrected chi connectivity index (χ0v) is 12.1. The van der Waals surface area contributed by atoms with Crippen LogP contribution < -0.4 is 5.73 Å². The quantitative estimate of drug-likeness (QED) is 0.908. The van der Waals surface area contributed by atoms with Crippen LogP contribution in [0.25, 0.3) is 0 Å². The van der Waals surface area contributed by atoms with Crippen molar-refractivity contribution in [1.29, 1.82) is 0 Å². The lowest BCUT2D eigenvalue weighted by atomic mass is 9.97. The molecule has 3 heteroatoms. The van der Waals surface area contributed by atoms with Crippen molar-refractivity contribution in [2.45, 2.75) is 39.7 Å². The lowest BCUT2D eigenvalue weighted by Gasteiger charge is -2.32. The van der Waals surface area contributed by atoms with Crippen molar-refractivity contribution in [2.24, 2.45) is 11.7 Å². The number of nitrogens with two attached hydrogens (primary N) is 1. The van der Waals surface area contributed by atoms with Crippen molar-refractivity contribution in [3.63, 3.8) is 0 Å². The molecule has 0 aromatic heterocycles. The number of amides is 1. The zero-order valence-electron chi connectivity index (χ0n) is 12.1. The monoisotopic (exact) mass is 260 g/mol. The molecule has 1 saturated heterocycles. The molecule has 1 amide bonds. The first kappa shape index (κ1) is 14.1. The summed E-state index contributed by atoms with van der Waals surface area (Å²) in [5, 5.41) is 0. The third-order valence-electron chi connectivity index (χ3n) is 3.89. The van der Waals surface area contributed by atoms with E-state index in [0.717, 1.165) is 24.9 Å². The number of benzene rings is 1. The molecule has 19 heavy (non-hydrogen) atoms. The van der Waals surface area contributed by atoms with E-state index < -0.39 is 0 Å². The number of nitrogens with zero attached hydrogens (tertiary/aromatic N) is 1. The van der Waals surface area contributed by atoms with Gasteiger partial charge in [0.15, 0.2) is 0 Å². The van der Waals surface area contributed by atoms with Crippen LogP contribution in [-0.2, 0) is 4.79 Å². The maximum absolute atomic E-state index is 12.1. The Balaban J connectivity index is 2.07. The van der Waals surface area contributed by atoms with Gasteiger partial charge in [0, 0.05) is 25.0 Å². The first-order chi connectivity index (χ1) is 8.97. The van der Waals surface area contributed by atoms with Crippen molar-refractivity contribution in [3.8, 4) is 0 Å². The lowest BCUT2D eigenvalue weighted by molar-refractivity contribution is -0.138. The number of aryl methyl sites for hydroxylation is 2. The number of piperidine rings is 1. The minimum Gasteiger partial charge on any atom is -0.341 e. The van der Waals surface area contributed by atoms with Gasteiger partial charge in [0.25, 0.3) is 0 Å². The first-order valence-electron chi connectivity index (χ1n) is 7.10. The van der Waals surface area contributed by atoms with E-state index in [1.165, 1.54) is 11.1 Å². The number of carbonyl (C=O) groups excluding carboxylic acids is 1. The molecule has 2 atom stereocenters. The highest BCUT2D eigenvalue weighted by Crippen LogP contribution is 2.21. The number of carbonyl (C=O) groups is 1. The van der Waals surface area contributed by atoms with Crippen LogP contribution in [0.4, 0.5) is 0 Å². The Labute approximate surface area is 115 Å². The third-order valence-corrected chi connectivity index (χ3v) is 3.89. The predicted molar refractivity (Wildman–Crippen MR) is 77.8 cm³/mol. The second-order valence-electron chi connectivity index (χ2n) is 5.86. The highest BCUT2D eigenvalue weighted by Gasteiger charge is 2.26. The largest absolute Gasteiger partial charge is 0.341 e. The van der Waals surface area contributed by atoms with Crippen LogP contribution in [0.15, 0.2) is 18.2 Å². The van der Waals surface area contributed by atoms with Gasteiger partial charge in [-0.1, -0.05) is 36.2 Å². The smallest absolute Gasteiger partial charge is 0.225 e. The summed E-state index contributed by atoms with van der Waals surface area (Å²) in [5.74, 6) is 0.409. The number of hydrogen-bond donors (Lipinski definition) is 1. The second-order valence-corrected chi connectivity index (χ2v) is 5.86. The summed E-state index contributed by atoms with van der Waals surface area (Å²) >= 11 is 0. The molecule has 3 nitrogen and oxygen atoms in total. The molecule has 0 bridgehead atoms. The van der Waals surface area contributed by atoms with Gasteiger partial charge in [-0.15, -0.1) is 0 Å². The van der Waals surface area contributed by atoms with Crippen LogP contribution in [0.1, 0.15) is 42.5 Å². The van der Waals surface area contributed by atoms with Gasteiger partial charge in [-0.2, -0.15) is 0 Å². The molecular formula is C16H24N2O. The van der Waals surface area contributed by atoms with Crippen LogP contribution in [0.3, 0.4) is 0 Å². The van der Waals surface area contributed by atoms with Crippen molar-refractivity contribution in [3.05, 3.63) is 34.9 Å². The molecule has 0 radical (unpaired) electrons. The molecule has 0 spiro atoms. The summed E-state index contributed by atoms with van der Waals surface area (Å²) in [5.41, 5.74) is 9.86. The Bertz CT molecular complexity index is 450.